The normalized spacial score (nSPS) is 15.3. The van der Waals surface area contributed by atoms with E-state index in [2.05, 4.69) is 20.4 Å². The van der Waals surface area contributed by atoms with Crippen molar-refractivity contribution in [1.82, 2.24) is 25.1 Å². The fourth-order valence-electron chi connectivity index (χ4n) is 4.11. The molecule has 3 aromatic rings. The molecule has 0 saturated carbocycles. The number of ether oxygens (including phenoxy) is 1. The molecule has 184 valence electrons. The third-order valence-electron chi connectivity index (χ3n) is 5.62. The number of methoxy groups -OCH3 is 1. The van der Waals surface area contributed by atoms with Crippen LogP contribution in [0.3, 0.4) is 0 Å². The molecule has 1 atom stereocenters. The topological polar surface area (TPSA) is 102 Å². The molecule has 1 aliphatic rings. The van der Waals surface area contributed by atoms with Crippen LogP contribution in [0.25, 0.3) is 11.3 Å². The molecule has 0 bridgehead atoms. The average molecular weight is 488 g/mol. The maximum Gasteiger partial charge on any atom is 0.408 e. The van der Waals surface area contributed by atoms with E-state index in [9.17, 15) is 22.8 Å². The van der Waals surface area contributed by atoms with Crippen molar-refractivity contribution in [2.45, 2.75) is 39.5 Å². The van der Waals surface area contributed by atoms with Crippen LogP contribution >= 0.6 is 0 Å². The Hall–Kier alpha value is -3.96. The summed E-state index contributed by atoms with van der Waals surface area (Å²) in [6.45, 7) is 4.47. The van der Waals surface area contributed by atoms with Crippen LogP contribution in [0.4, 0.5) is 18.9 Å². The second-order valence-electron chi connectivity index (χ2n) is 8.09. The highest BCUT2D eigenvalue weighted by Crippen LogP contribution is 2.39. The number of aryl methyl sites for hydroxylation is 1. The van der Waals surface area contributed by atoms with Gasteiger partial charge in [0.25, 0.3) is 11.8 Å². The summed E-state index contributed by atoms with van der Waals surface area (Å²) in [5.74, 6) is -0.545. The number of pyridine rings is 2. The van der Waals surface area contributed by atoms with E-state index in [-0.39, 0.29) is 28.9 Å². The lowest BCUT2D eigenvalue weighted by Crippen LogP contribution is -2.26. The van der Waals surface area contributed by atoms with Gasteiger partial charge in [-0.25, -0.2) is 9.97 Å². The smallest absolute Gasteiger partial charge is 0.408 e. The minimum atomic E-state index is -4.43. The number of rotatable bonds is 6. The van der Waals surface area contributed by atoms with Gasteiger partial charge in [-0.1, -0.05) is 0 Å². The second kappa shape index (κ2) is 9.01. The molecule has 0 radical (unpaired) electrons. The van der Waals surface area contributed by atoms with Gasteiger partial charge in [-0.2, -0.15) is 18.3 Å². The van der Waals surface area contributed by atoms with Crippen LogP contribution in [0.1, 0.15) is 51.9 Å². The highest BCUT2D eigenvalue weighted by Gasteiger charge is 2.39. The molecule has 2 amide bonds. The lowest BCUT2D eigenvalue weighted by Gasteiger charge is -2.19. The number of carbonyl (C=O) groups is 2. The van der Waals surface area contributed by atoms with Crippen molar-refractivity contribution in [3.63, 3.8) is 0 Å². The average Bonchev–Trinajstić information content (AvgIpc) is 3.33. The molecule has 1 unspecified atom stereocenters. The molecular formula is C23H23F3N6O3. The van der Waals surface area contributed by atoms with E-state index in [4.69, 9.17) is 4.74 Å². The maximum atomic E-state index is 13.2. The molecule has 0 fully saturated rings. The summed E-state index contributed by atoms with van der Waals surface area (Å²) < 4.78 is 44.2. The Morgan fingerprint density at radius 1 is 1.26 bits per heavy atom. The van der Waals surface area contributed by atoms with Crippen LogP contribution in [0.15, 0.2) is 30.7 Å². The SMILES string of the molecule is CCNC(=O)c1cc(-c2cc(C)c3c(n2)C(C)N(c2cnn(CC(F)(F)F)c2)C3=O)cnc1OC. The molecule has 12 heteroatoms. The predicted octanol–water partition coefficient (Wildman–Crippen LogP) is 3.69. The Morgan fingerprint density at radius 2 is 2.00 bits per heavy atom. The summed E-state index contributed by atoms with van der Waals surface area (Å²) in [6.07, 6.45) is -0.486. The highest BCUT2D eigenvalue weighted by molar-refractivity contribution is 6.11. The molecule has 9 nitrogen and oxygen atoms in total. The third-order valence-corrected chi connectivity index (χ3v) is 5.62. The number of alkyl halides is 3. The van der Waals surface area contributed by atoms with Gasteiger partial charge in [-0.15, -0.1) is 0 Å². The quantitative estimate of drug-likeness (QED) is 0.568. The van der Waals surface area contributed by atoms with Crippen LogP contribution in [0.5, 0.6) is 5.88 Å². The van der Waals surface area contributed by atoms with Crippen molar-refractivity contribution in [2.75, 3.05) is 18.6 Å². The first-order chi connectivity index (χ1) is 16.5. The van der Waals surface area contributed by atoms with E-state index in [1.807, 2.05) is 0 Å². The summed E-state index contributed by atoms with van der Waals surface area (Å²) in [4.78, 5) is 36.0. The van der Waals surface area contributed by atoms with E-state index in [1.54, 1.807) is 32.9 Å². The first kappa shape index (κ1) is 24.2. The molecule has 3 aromatic heterocycles. The van der Waals surface area contributed by atoms with Crippen LogP contribution in [0.2, 0.25) is 0 Å². The molecule has 35 heavy (non-hydrogen) atoms. The molecule has 4 rings (SSSR count). The van der Waals surface area contributed by atoms with E-state index < -0.39 is 18.8 Å². The van der Waals surface area contributed by atoms with Crippen molar-refractivity contribution in [2.24, 2.45) is 0 Å². The number of hydrogen-bond acceptors (Lipinski definition) is 6. The Labute approximate surface area is 198 Å². The number of carbonyl (C=O) groups excluding carboxylic acids is 2. The van der Waals surface area contributed by atoms with E-state index in [1.165, 1.54) is 30.6 Å². The summed E-state index contributed by atoms with van der Waals surface area (Å²) in [5, 5.41) is 6.46. The van der Waals surface area contributed by atoms with Gasteiger partial charge in [0.2, 0.25) is 5.88 Å². The number of aromatic nitrogens is 4. The number of nitrogens with one attached hydrogen (secondary N) is 1. The van der Waals surface area contributed by atoms with Crippen LogP contribution in [0, 0.1) is 6.92 Å². The standard InChI is InChI=1S/C23H23F3N6O3/c1-5-27-20(33)16-7-14(8-28-21(16)35-4)17-6-12(2)18-19(30-17)13(3)32(22(18)34)15-9-29-31(10-15)11-23(24,25)26/h6-10,13H,5,11H2,1-4H3,(H,27,33). The van der Waals surface area contributed by atoms with Crippen molar-refractivity contribution in [1.29, 1.82) is 0 Å². The molecular weight excluding hydrogens is 465 g/mol. The number of halogens is 3. The first-order valence-electron chi connectivity index (χ1n) is 10.8. The molecule has 0 spiro atoms. The summed E-state index contributed by atoms with van der Waals surface area (Å²) >= 11 is 0. The summed E-state index contributed by atoms with van der Waals surface area (Å²) in [5.41, 5.74) is 3.04. The van der Waals surface area contributed by atoms with E-state index in [0.717, 1.165) is 4.68 Å². The zero-order chi connectivity index (χ0) is 25.5. The summed E-state index contributed by atoms with van der Waals surface area (Å²) in [7, 11) is 1.42. The van der Waals surface area contributed by atoms with Gasteiger partial charge < -0.3 is 10.1 Å². The molecule has 0 saturated heterocycles. The number of anilines is 1. The van der Waals surface area contributed by atoms with Crippen LogP contribution < -0.4 is 15.0 Å². The number of amides is 2. The molecule has 1 N–H and O–H groups in total. The fourth-order valence-corrected chi connectivity index (χ4v) is 4.11. The van der Waals surface area contributed by atoms with Gasteiger partial charge in [0, 0.05) is 24.5 Å². The Balaban J connectivity index is 1.71. The molecule has 1 aliphatic heterocycles. The third kappa shape index (κ3) is 4.55. The van der Waals surface area contributed by atoms with Gasteiger partial charge in [0.05, 0.1) is 42.0 Å². The Kier molecular flexibility index (Phi) is 6.22. The minimum absolute atomic E-state index is 0.170. The Bertz CT molecular complexity index is 1300. The highest BCUT2D eigenvalue weighted by atomic mass is 19.4. The monoisotopic (exact) mass is 488 g/mol. The Morgan fingerprint density at radius 3 is 2.66 bits per heavy atom. The largest absolute Gasteiger partial charge is 0.480 e. The van der Waals surface area contributed by atoms with E-state index >= 15 is 0 Å². The zero-order valence-electron chi connectivity index (χ0n) is 19.5. The second-order valence-corrected chi connectivity index (χ2v) is 8.09. The lowest BCUT2D eigenvalue weighted by molar-refractivity contribution is -0.142. The predicted molar refractivity (Wildman–Crippen MR) is 120 cm³/mol. The van der Waals surface area contributed by atoms with E-state index in [0.29, 0.717) is 34.6 Å². The van der Waals surface area contributed by atoms with Crippen LogP contribution in [-0.2, 0) is 6.54 Å². The summed E-state index contributed by atoms with van der Waals surface area (Å²) in [6, 6.07) is 2.78. The first-order valence-corrected chi connectivity index (χ1v) is 10.8. The number of nitrogens with zero attached hydrogens (tertiary/aromatic N) is 5. The maximum absolute atomic E-state index is 13.2. The van der Waals surface area contributed by atoms with Crippen molar-refractivity contribution < 1.29 is 27.5 Å². The van der Waals surface area contributed by atoms with Gasteiger partial charge in [-0.3, -0.25) is 19.2 Å². The molecule has 0 aromatic carbocycles. The van der Waals surface area contributed by atoms with Crippen molar-refractivity contribution in [3.8, 4) is 17.1 Å². The number of hydrogen-bond donors (Lipinski definition) is 1. The lowest BCUT2D eigenvalue weighted by atomic mass is 10.0. The van der Waals surface area contributed by atoms with Crippen molar-refractivity contribution in [3.05, 3.63) is 53.1 Å². The zero-order valence-corrected chi connectivity index (χ0v) is 19.5. The van der Waals surface area contributed by atoms with Gasteiger partial charge in [0.1, 0.15) is 12.1 Å². The molecule has 4 heterocycles. The fraction of sp³-hybridized carbons (Fsp3) is 0.348. The minimum Gasteiger partial charge on any atom is -0.480 e. The molecule has 0 aliphatic carbocycles. The van der Waals surface area contributed by atoms with Crippen LogP contribution in [-0.4, -0.2) is 51.4 Å². The van der Waals surface area contributed by atoms with Crippen molar-refractivity contribution >= 4 is 17.5 Å². The van der Waals surface area contributed by atoms with Gasteiger partial charge in [0.15, 0.2) is 0 Å². The van der Waals surface area contributed by atoms with Gasteiger partial charge >= 0.3 is 6.18 Å². The van der Waals surface area contributed by atoms with Gasteiger partial charge in [-0.05, 0) is 38.5 Å². The number of fused-ring (bicyclic) bond motifs is 1.